The SMILES string of the molecule is COc1cc2c(cc1OC)C(=O)OC(C)(C)O2. The second-order valence-electron chi connectivity index (χ2n) is 4.09. The highest BCUT2D eigenvalue weighted by Gasteiger charge is 2.35. The topological polar surface area (TPSA) is 54.0 Å². The van der Waals surface area contributed by atoms with Crippen LogP contribution in [0.4, 0.5) is 0 Å². The molecule has 0 spiro atoms. The predicted octanol–water partition coefficient (Wildman–Crippen LogP) is 1.99. The van der Waals surface area contributed by atoms with E-state index in [1.54, 1.807) is 26.0 Å². The predicted molar refractivity (Wildman–Crippen MR) is 59.7 cm³/mol. The maximum absolute atomic E-state index is 11.8. The number of hydrogen-bond acceptors (Lipinski definition) is 5. The van der Waals surface area contributed by atoms with Crippen molar-refractivity contribution in [3.8, 4) is 17.2 Å². The third kappa shape index (κ3) is 2.00. The molecule has 1 aromatic carbocycles. The highest BCUT2D eigenvalue weighted by Crippen LogP contribution is 2.39. The van der Waals surface area contributed by atoms with Gasteiger partial charge in [0.25, 0.3) is 0 Å². The van der Waals surface area contributed by atoms with Gasteiger partial charge in [-0.3, -0.25) is 0 Å². The summed E-state index contributed by atoms with van der Waals surface area (Å²) >= 11 is 0. The van der Waals surface area contributed by atoms with Gasteiger partial charge in [0.2, 0.25) is 5.79 Å². The van der Waals surface area contributed by atoms with E-state index < -0.39 is 11.8 Å². The molecule has 5 heteroatoms. The molecule has 1 aliphatic rings. The van der Waals surface area contributed by atoms with Gasteiger partial charge in [-0.2, -0.15) is 0 Å². The van der Waals surface area contributed by atoms with Gasteiger partial charge in [-0.1, -0.05) is 0 Å². The molecule has 17 heavy (non-hydrogen) atoms. The minimum atomic E-state index is -0.969. The molecule has 0 aliphatic carbocycles. The molecule has 0 unspecified atom stereocenters. The Morgan fingerprint density at radius 3 is 2.24 bits per heavy atom. The van der Waals surface area contributed by atoms with Gasteiger partial charge in [-0.25, -0.2) is 4.79 Å². The molecule has 0 amide bonds. The Morgan fingerprint density at radius 1 is 1.06 bits per heavy atom. The minimum absolute atomic E-state index is 0.335. The van der Waals surface area contributed by atoms with Crippen LogP contribution in [0.15, 0.2) is 12.1 Å². The van der Waals surface area contributed by atoms with Gasteiger partial charge in [0.15, 0.2) is 11.5 Å². The van der Waals surface area contributed by atoms with Gasteiger partial charge in [0.1, 0.15) is 11.3 Å². The van der Waals surface area contributed by atoms with Crippen LogP contribution < -0.4 is 14.2 Å². The summed E-state index contributed by atoms with van der Waals surface area (Å²) in [6.45, 7) is 3.34. The van der Waals surface area contributed by atoms with Crippen molar-refractivity contribution in [1.82, 2.24) is 0 Å². The summed E-state index contributed by atoms with van der Waals surface area (Å²) in [6, 6.07) is 3.17. The number of ether oxygens (including phenoxy) is 4. The molecule has 5 nitrogen and oxygen atoms in total. The Hall–Kier alpha value is -1.91. The van der Waals surface area contributed by atoms with Gasteiger partial charge in [-0.05, 0) is 0 Å². The first-order valence-corrected chi connectivity index (χ1v) is 5.15. The van der Waals surface area contributed by atoms with Crippen molar-refractivity contribution in [1.29, 1.82) is 0 Å². The highest BCUT2D eigenvalue weighted by molar-refractivity contribution is 5.94. The van der Waals surface area contributed by atoms with Crippen LogP contribution in [0.3, 0.4) is 0 Å². The summed E-state index contributed by atoms with van der Waals surface area (Å²) in [6.07, 6.45) is 0. The lowest BCUT2D eigenvalue weighted by atomic mass is 10.1. The molecule has 0 fully saturated rings. The van der Waals surface area contributed by atoms with E-state index in [2.05, 4.69) is 0 Å². The second-order valence-corrected chi connectivity index (χ2v) is 4.09. The van der Waals surface area contributed by atoms with Crippen molar-refractivity contribution in [2.75, 3.05) is 14.2 Å². The molecule has 92 valence electrons. The third-order valence-electron chi connectivity index (χ3n) is 2.40. The number of carbonyl (C=O) groups excluding carboxylic acids is 1. The minimum Gasteiger partial charge on any atom is -0.493 e. The molecule has 0 saturated carbocycles. The van der Waals surface area contributed by atoms with Crippen molar-refractivity contribution in [3.05, 3.63) is 17.7 Å². The van der Waals surface area contributed by atoms with Gasteiger partial charge in [-0.15, -0.1) is 0 Å². The molecule has 1 aromatic rings. The average Bonchev–Trinajstić information content (AvgIpc) is 2.26. The van der Waals surface area contributed by atoms with Gasteiger partial charge < -0.3 is 18.9 Å². The highest BCUT2D eigenvalue weighted by atomic mass is 16.7. The van der Waals surface area contributed by atoms with E-state index in [1.807, 2.05) is 0 Å². The Balaban J connectivity index is 2.53. The Kier molecular flexibility index (Phi) is 2.61. The maximum atomic E-state index is 11.8. The number of methoxy groups -OCH3 is 2. The zero-order valence-electron chi connectivity index (χ0n) is 10.2. The number of hydrogen-bond donors (Lipinski definition) is 0. The Bertz CT molecular complexity index is 464. The van der Waals surface area contributed by atoms with Gasteiger partial charge >= 0.3 is 5.97 Å². The van der Waals surface area contributed by atoms with Crippen LogP contribution >= 0.6 is 0 Å². The molecular weight excluding hydrogens is 224 g/mol. The summed E-state index contributed by atoms with van der Waals surface area (Å²) in [4.78, 5) is 11.8. The summed E-state index contributed by atoms with van der Waals surface area (Å²) in [5.74, 6) is 0.00769. The van der Waals surface area contributed by atoms with Crippen LogP contribution in [0.1, 0.15) is 24.2 Å². The summed E-state index contributed by atoms with van der Waals surface area (Å²) in [5.41, 5.74) is 0.335. The van der Waals surface area contributed by atoms with Crippen LogP contribution in [0.5, 0.6) is 17.2 Å². The fourth-order valence-electron chi connectivity index (χ4n) is 1.67. The number of esters is 1. The Labute approximate surface area is 99.2 Å². The van der Waals surface area contributed by atoms with Gasteiger partial charge in [0.05, 0.1) is 14.2 Å². The van der Waals surface area contributed by atoms with E-state index in [9.17, 15) is 4.79 Å². The van der Waals surface area contributed by atoms with Gasteiger partial charge in [0, 0.05) is 26.0 Å². The van der Waals surface area contributed by atoms with E-state index in [1.165, 1.54) is 14.2 Å². The van der Waals surface area contributed by atoms with Crippen molar-refractivity contribution in [2.45, 2.75) is 19.6 Å². The molecule has 1 heterocycles. The molecule has 2 rings (SSSR count). The summed E-state index contributed by atoms with van der Waals surface area (Å²) in [7, 11) is 3.03. The number of benzene rings is 1. The molecule has 0 aromatic heterocycles. The van der Waals surface area contributed by atoms with E-state index in [-0.39, 0.29) is 0 Å². The average molecular weight is 238 g/mol. The first kappa shape index (κ1) is 11.6. The van der Waals surface area contributed by atoms with Crippen molar-refractivity contribution >= 4 is 5.97 Å². The van der Waals surface area contributed by atoms with E-state index in [0.717, 1.165) is 0 Å². The normalized spacial score (nSPS) is 16.6. The monoisotopic (exact) mass is 238 g/mol. The summed E-state index contributed by atoms with van der Waals surface area (Å²) < 4.78 is 20.9. The first-order chi connectivity index (χ1) is 7.96. The fraction of sp³-hybridized carbons (Fsp3) is 0.417. The maximum Gasteiger partial charge on any atom is 0.345 e. The Morgan fingerprint density at radius 2 is 1.65 bits per heavy atom. The molecule has 0 atom stereocenters. The zero-order valence-corrected chi connectivity index (χ0v) is 10.2. The number of fused-ring (bicyclic) bond motifs is 1. The summed E-state index contributed by atoms with van der Waals surface area (Å²) in [5, 5.41) is 0. The van der Waals surface area contributed by atoms with Crippen LogP contribution in [0, 0.1) is 0 Å². The number of cyclic esters (lactones) is 1. The lowest BCUT2D eigenvalue weighted by Gasteiger charge is -2.32. The lowest BCUT2D eigenvalue weighted by Crippen LogP contribution is -2.38. The van der Waals surface area contributed by atoms with Crippen molar-refractivity contribution < 1.29 is 23.7 Å². The van der Waals surface area contributed by atoms with E-state index in [0.29, 0.717) is 22.8 Å². The molecule has 0 N–H and O–H groups in total. The zero-order chi connectivity index (χ0) is 12.6. The standard InChI is InChI=1S/C12H14O5/c1-12(2)16-8-6-10(15-4)9(14-3)5-7(8)11(13)17-12/h5-6H,1-4H3. The van der Waals surface area contributed by atoms with E-state index >= 15 is 0 Å². The van der Waals surface area contributed by atoms with Crippen LogP contribution in [-0.4, -0.2) is 26.0 Å². The molecule has 0 radical (unpaired) electrons. The second kappa shape index (κ2) is 3.84. The van der Waals surface area contributed by atoms with Crippen LogP contribution in [0.2, 0.25) is 0 Å². The number of carbonyl (C=O) groups is 1. The van der Waals surface area contributed by atoms with Crippen LogP contribution in [-0.2, 0) is 4.74 Å². The molecular formula is C12H14O5. The first-order valence-electron chi connectivity index (χ1n) is 5.15. The largest absolute Gasteiger partial charge is 0.493 e. The smallest absolute Gasteiger partial charge is 0.345 e. The molecule has 0 saturated heterocycles. The lowest BCUT2D eigenvalue weighted by molar-refractivity contribution is -0.127. The quantitative estimate of drug-likeness (QED) is 0.737. The van der Waals surface area contributed by atoms with E-state index in [4.69, 9.17) is 18.9 Å². The van der Waals surface area contributed by atoms with Crippen molar-refractivity contribution in [2.24, 2.45) is 0 Å². The van der Waals surface area contributed by atoms with Crippen LogP contribution in [0.25, 0.3) is 0 Å². The molecule has 0 bridgehead atoms. The number of rotatable bonds is 2. The third-order valence-corrected chi connectivity index (χ3v) is 2.40. The fourth-order valence-corrected chi connectivity index (χ4v) is 1.67. The van der Waals surface area contributed by atoms with Crippen molar-refractivity contribution in [3.63, 3.8) is 0 Å². The molecule has 1 aliphatic heterocycles.